The van der Waals surface area contributed by atoms with Gasteiger partial charge in [0.1, 0.15) is 5.15 Å². The lowest BCUT2D eigenvalue weighted by Crippen LogP contribution is -2.14. The minimum absolute atomic E-state index is 0.206. The number of hydrogen-bond acceptors (Lipinski definition) is 4. The predicted molar refractivity (Wildman–Crippen MR) is 86.3 cm³/mol. The van der Waals surface area contributed by atoms with Crippen molar-refractivity contribution >= 4 is 39.3 Å². The Balaban J connectivity index is 1.80. The van der Waals surface area contributed by atoms with Crippen LogP contribution in [0.1, 0.15) is 10.5 Å². The van der Waals surface area contributed by atoms with Gasteiger partial charge in [0.2, 0.25) is 0 Å². The summed E-state index contributed by atoms with van der Waals surface area (Å²) in [5, 5.41) is 7.04. The molecule has 8 heteroatoms. The summed E-state index contributed by atoms with van der Waals surface area (Å²) in [5.41, 5.74) is 1.11. The fourth-order valence-corrected chi connectivity index (χ4v) is 2.32. The lowest BCUT2D eigenvalue weighted by Gasteiger charge is -2.03. The SMILES string of the molecule is O=C(Nc1cncc(Cl)n1)c1ccn(-c2cccc(Br)c2)n1. The minimum Gasteiger partial charge on any atom is -0.304 e. The Morgan fingerprint density at radius 3 is 2.91 bits per heavy atom. The molecule has 0 aliphatic heterocycles. The van der Waals surface area contributed by atoms with Crippen molar-refractivity contribution < 1.29 is 4.79 Å². The second-order valence-corrected chi connectivity index (χ2v) is 5.61. The van der Waals surface area contributed by atoms with Gasteiger partial charge in [-0.3, -0.25) is 9.78 Å². The molecule has 0 radical (unpaired) electrons. The highest BCUT2D eigenvalue weighted by molar-refractivity contribution is 9.10. The first-order valence-corrected chi connectivity index (χ1v) is 7.39. The molecule has 22 heavy (non-hydrogen) atoms. The Bertz CT molecular complexity index is 835. The molecule has 0 saturated heterocycles. The van der Waals surface area contributed by atoms with Gasteiger partial charge < -0.3 is 5.32 Å². The van der Waals surface area contributed by atoms with Gasteiger partial charge in [0.15, 0.2) is 11.5 Å². The van der Waals surface area contributed by atoms with E-state index in [1.807, 2.05) is 24.3 Å². The van der Waals surface area contributed by atoms with E-state index in [0.29, 0.717) is 0 Å². The van der Waals surface area contributed by atoms with Crippen molar-refractivity contribution in [3.63, 3.8) is 0 Å². The summed E-state index contributed by atoms with van der Waals surface area (Å²) in [6.07, 6.45) is 4.51. The third-order valence-corrected chi connectivity index (χ3v) is 3.42. The monoisotopic (exact) mass is 377 g/mol. The van der Waals surface area contributed by atoms with Crippen molar-refractivity contribution in [2.24, 2.45) is 0 Å². The second kappa shape index (κ2) is 6.25. The van der Waals surface area contributed by atoms with Crippen LogP contribution in [0.2, 0.25) is 5.15 Å². The van der Waals surface area contributed by atoms with Gasteiger partial charge in [-0.1, -0.05) is 33.6 Å². The zero-order valence-corrected chi connectivity index (χ0v) is 13.4. The standard InChI is InChI=1S/C14H9BrClN5O/c15-9-2-1-3-10(6-9)21-5-4-11(20-21)14(22)19-13-8-17-7-12(16)18-13/h1-8H,(H,18,19,22). The normalized spacial score (nSPS) is 10.5. The Kier molecular flexibility index (Phi) is 4.17. The first-order valence-electron chi connectivity index (χ1n) is 6.22. The summed E-state index contributed by atoms with van der Waals surface area (Å²) in [5.74, 6) is -0.111. The average Bonchev–Trinajstić information content (AvgIpc) is 2.97. The zero-order valence-electron chi connectivity index (χ0n) is 11.1. The molecule has 1 amide bonds. The van der Waals surface area contributed by atoms with E-state index in [0.717, 1.165) is 10.2 Å². The number of halogens is 2. The van der Waals surface area contributed by atoms with Crippen LogP contribution < -0.4 is 5.32 Å². The van der Waals surface area contributed by atoms with Crippen LogP contribution in [-0.2, 0) is 0 Å². The Morgan fingerprint density at radius 2 is 2.14 bits per heavy atom. The van der Waals surface area contributed by atoms with Crippen molar-refractivity contribution in [1.82, 2.24) is 19.7 Å². The number of hydrogen-bond donors (Lipinski definition) is 1. The van der Waals surface area contributed by atoms with Crippen LogP contribution in [0.4, 0.5) is 5.82 Å². The Morgan fingerprint density at radius 1 is 1.27 bits per heavy atom. The van der Waals surface area contributed by atoms with E-state index in [4.69, 9.17) is 11.6 Å². The number of anilines is 1. The predicted octanol–water partition coefficient (Wildman–Crippen LogP) is 3.33. The number of benzene rings is 1. The van der Waals surface area contributed by atoms with Gasteiger partial charge in [0, 0.05) is 10.7 Å². The maximum Gasteiger partial charge on any atom is 0.277 e. The molecular weight excluding hydrogens is 370 g/mol. The van der Waals surface area contributed by atoms with Crippen LogP contribution in [0.25, 0.3) is 5.69 Å². The first-order chi connectivity index (χ1) is 10.6. The highest BCUT2D eigenvalue weighted by atomic mass is 79.9. The third kappa shape index (κ3) is 3.32. The molecule has 2 aromatic heterocycles. The second-order valence-electron chi connectivity index (χ2n) is 4.31. The smallest absolute Gasteiger partial charge is 0.277 e. The van der Waals surface area contributed by atoms with E-state index in [1.165, 1.54) is 12.4 Å². The maximum absolute atomic E-state index is 12.1. The number of aromatic nitrogens is 4. The minimum atomic E-state index is -0.384. The first kappa shape index (κ1) is 14.7. The van der Waals surface area contributed by atoms with E-state index < -0.39 is 0 Å². The molecule has 0 aliphatic rings. The number of carbonyl (C=O) groups is 1. The summed E-state index contributed by atoms with van der Waals surface area (Å²) in [6, 6.07) is 9.22. The number of amides is 1. The molecule has 0 atom stereocenters. The molecule has 0 aliphatic carbocycles. The molecule has 0 saturated carbocycles. The highest BCUT2D eigenvalue weighted by Crippen LogP contribution is 2.15. The van der Waals surface area contributed by atoms with Crippen LogP contribution >= 0.6 is 27.5 Å². The van der Waals surface area contributed by atoms with E-state index in [9.17, 15) is 4.79 Å². The van der Waals surface area contributed by atoms with Gasteiger partial charge in [-0.15, -0.1) is 0 Å². The molecule has 0 spiro atoms. The zero-order chi connectivity index (χ0) is 15.5. The van der Waals surface area contributed by atoms with E-state index in [1.54, 1.807) is 16.9 Å². The molecule has 3 rings (SSSR count). The van der Waals surface area contributed by atoms with Crippen LogP contribution in [0.5, 0.6) is 0 Å². The van der Waals surface area contributed by atoms with Crippen molar-refractivity contribution in [3.05, 3.63) is 64.2 Å². The lowest BCUT2D eigenvalue weighted by atomic mass is 10.3. The topological polar surface area (TPSA) is 72.7 Å². The molecular formula is C14H9BrClN5O. The lowest BCUT2D eigenvalue weighted by molar-refractivity contribution is 0.102. The van der Waals surface area contributed by atoms with Crippen molar-refractivity contribution in [2.45, 2.75) is 0 Å². The number of rotatable bonds is 3. The molecule has 0 bridgehead atoms. The van der Waals surface area contributed by atoms with Crippen LogP contribution in [0.15, 0.2) is 53.4 Å². The number of nitrogens with one attached hydrogen (secondary N) is 1. The summed E-state index contributed by atoms with van der Waals surface area (Å²) in [7, 11) is 0. The summed E-state index contributed by atoms with van der Waals surface area (Å²) >= 11 is 9.12. The molecule has 110 valence electrons. The van der Waals surface area contributed by atoms with Gasteiger partial charge in [-0.25, -0.2) is 9.67 Å². The fourth-order valence-electron chi connectivity index (χ4n) is 1.79. The van der Waals surface area contributed by atoms with Crippen molar-refractivity contribution in [1.29, 1.82) is 0 Å². The molecule has 3 aromatic rings. The van der Waals surface area contributed by atoms with E-state index in [2.05, 4.69) is 36.3 Å². The maximum atomic E-state index is 12.1. The highest BCUT2D eigenvalue weighted by Gasteiger charge is 2.11. The van der Waals surface area contributed by atoms with Gasteiger partial charge in [0.05, 0.1) is 18.1 Å². The average molecular weight is 379 g/mol. The Hall–Kier alpha value is -2.25. The molecule has 1 aromatic carbocycles. The van der Waals surface area contributed by atoms with Gasteiger partial charge in [-0.2, -0.15) is 5.10 Å². The quantitative estimate of drug-likeness (QED) is 0.759. The largest absolute Gasteiger partial charge is 0.304 e. The third-order valence-electron chi connectivity index (χ3n) is 2.74. The molecule has 6 nitrogen and oxygen atoms in total. The van der Waals surface area contributed by atoms with Gasteiger partial charge in [-0.05, 0) is 24.3 Å². The summed E-state index contributed by atoms with van der Waals surface area (Å²) < 4.78 is 2.55. The molecule has 2 heterocycles. The van der Waals surface area contributed by atoms with Crippen LogP contribution in [-0.4, -0.2) is 25.7 Å². The number of carbonyl (C=O) groups excluding carboxylic acids is 1. The number of nitrogens with zero attached hydrogens (tertiary/aromatic N) is 4. The molecule has 0 unspecified atom stereocenters. The van der Waals surface area contributed by atoms with E-state index >= 15 is 0 Å². The van der Waals surface area contributed by atoms with Crippen LogP contribution in [0, 0.1) is 0 Å². The summed E-state index contributed by atoms with van der Waals surface area (Å²) in [6.45, 7) is 0. The van der Waals surface area contributed by atoms with Crippen molar-refractivity contribution in [3.8, 4) is 5.69 Å². The summed E-state index contributed by atoms with van der Waals surface area (Å²) in [4.78, 5) is 19.9. The van der Waals surface area contributed by atoms with Gasteiger partial charge >= 0.3 is 0 Å². The van der Waals surface area contributed by atoms with Crippen molar-refractivity contribution in [2.75, 3.05) is 5.32 Å². The van der Waals surface area contributed by atoms with Gasteiger partial charge in [0.25, 0.3) is 5.91 Å². The molecule has 0 fully saturated rings. The Labute approximate surface area is 139 Å². The van der Waals surface area contributed by atoms with Crippen LogP contribution in [0.3, 0.4) is 0 Å². The fraction of sp³-hybridized carbons (Fsp3) is 0. The molecule has 1 N–H and O–H groups in total. The van der Waals surface area contributed by atoms with E-state index in [-0.39, 0.29) is 22.6 Å².